The summed E-state index contributed by atoms with van der Waals surface area (Å²) >= 11 is 0. The van der Waals surface area contributed by atoms with Gasteiger partial charge in [0.2, 0.25) is 5.75 Å². The van der Waals surface area contributed by atoms with Gasteiger partial charge in [-0.05, 0) is 17.7 Å². The molecule has 1 heterocycles. The fourth-order valence-corrected chi connectivity index (χ4v) is 3.19. The van der Waals surface area contributed by atoms with E-state index in [1.165, 1.54) is 0 Å². The first-order valence-electron chi connectivity index (χ1n) is 8.23. The number of nitrogens with one attached hydrogen (secondary N) is 2. The topological polar surface area (TPSA) is 55.0 Å². The molecular formula is C19H27N3O3. The summed E-state index contributed by atoms with van der Waals surface area (Å²) in [7, 11) is 4.85. The average Bonchev–Trinajstić information content (AvgIpc) is 3.08. The molecule has 2 unspecified atom stereocenters. The summed E-state index contributed by atoms with van der Waals surface area (Å²) in [6, 6.07) is 4.08. The fraction of sp³-hybridized carbons (Fsp3) is 0.474. The second kappa shape index (κ2) is 9.33. The van der Waals surface area contributed by atoms with Gasteiger partial charge in [-0.25, -0.2) is 5.43 Å². The van der Waals surface area contributed by atoms with Gasteiger partial charge in [0, 0.05) is 25.6 Å². The third-order valence-corrected chi connectivity index (χ3v) is 4.33. The molecule has 0 aromatic heterocycles. The normalized spacial score (nSPS) is 19.5. The summed E-state index contributed by atoms with van der Waals surface area (Å²) in [5.41, 5.74) is 7.67. The molecule has 6 heteroatoms. The van der Waals surface area contributed by atoms with Crippen LogP contribution in [0.15, 0.2) is 24.8 Å². The first-order chi connectivity index (χ1) is 12.2. The summed E-state index contributed by atoms with van der Waals surface area (Å²) in [5.74, 6) is 4.95. The maximum atomic E-state index is 5.48. The first kappa shape index (κ1) is 19.1. The molecule has 136 valence electrons. The summed E-state index contributed by atoms with van der Waals surface area (Å²) in [6.45, 7) is 6.88. The smallest absolute Gasteiger partial charge is 0.203 e. The van der Waals surface area contributed by atoms with E-state index in [9.17, 15) is 0 Å². The van der Waals surface area contributed by atoms with E-state index in [4.69, 9.17) is 20.6 Å². The molecule has 0 aliphatic carbocycles. The zero-order chi connectivity index (χ0) is 18.2. The maximum Gasteiger partial charge on any atom is 0.203 e. The number of terminal acetylenes is 1. The zero-order valence-corrected chi connectivity index (χ0v) is 15.2. The number of hydrazine groups is 1. The van der Waals surface area contributed by atoms with Crippen LogP contribution in [0.1, 0.15) is 11.6 Å². The highest BCUT2D eigenvalue weighted by atomic mass is 16.5. The monoisotopic (exact) mass is 345 g/mol. The van der Waals surface area contributed by atoms with Gasteiger partial charge in [-0.3, -0.25) is 10.3 Å². The van der Waals surface area contributed by atoms with Crippen LogP contribution < -0.4 is 25.1 Å². The van der Waals surface area contributed by atoms with E-state index < -0.39 is 0 Å². The SMILES string of the molecule is C#CCN(CC=C)CC1CNNC1c1cc(OC)c(OC)c(OC)c1. The van der Waals surface area contributed by atoms with Crippen molar-refractivity contribution in [3.05, 3.63) is 30.4 Å². The number of hydrogen-bond donors (Lipinski definition) is 2. The maximum absolute atomic E-state index is 5.48. The van der Waals surface area contributed by atoms with Crippen LogP contribution in [-0.2, 0) is 0 Å². The van der Waals surface area contributed by atoms with Crippen LogP contribution in [0, 0.1) is 18.3 Å². The molecule has 6 nitrogen and oxygen atoms in total. The largest absolute Gasteiger partial charge is 0.493 e. The van der Waals surface area contributed by atoms with Crippen LogP contribution >= 0.6 is 0 Å². The van der Waals surface area contributed by atoms with Crippen LogP contribution in [0.5, 0.6) is 17.2 Å². The zero-order valence-electron chi connectivity index (χ0n) is 15.2. The molecule has 0 spiro atoms. The van der Waals surface area contributed by atoms with Crippen molar-refractivity contribution in [1.82, 2.24) is 15.8 Å². The molecule has 1 fully saturated rings. The Morgan fingerprint density at radius 2 is 1.96 bits per heavy atom. The highest BCUT2D eigenvalue weighted by molar-refractivity contribution is 5.54. The Morgan fingerprint density at radius 1 is 1.28 bits per heavy atom. The van der Waals surface area contributed by atoms with Gasteiger partial charge in [0.25, 0.3) is 0 Å². The van der Waals surface area contributed by atoms with Crippen molar-refractivity contribution in [2.75, 3.05) is 47.5 Å². The van der Waals surface area contributed by atoms with E-state index in [0.29, 0.717) is 29.7 Å². The molecule has 1 aliphatic heterocycles. The summed E-state index contributed by atoms with van der Waals surface area (Å²) in [6.07, 6.45) is 7.36. The number of ether oxygens (including phenoxy) is 3. The molecule has 2 N–H and O–H groups in total. The lowest BCUT2D eigenvalue weighted by Crippen LogP contribution is -2.33. The van der Waals surface area contributed by atoms with Gasteiger partial charge in [-0.1, -0.05) is 12.0 Å². The minimum Gasteiger partial charge on any atom is -0.493 e. The molecule has 0 amide bonds. The molecule has 1 aromatic carbocycles. The van der Waals surface area contributed by atoms with E-state index in [-0.39, 0.29) is 6.04 Å². The van der Waals surface area contributed by atoms with E-state index in [0.717, 1.165) is 25.2 Å². The lowest BCUT2D eigenvalue weighted by atomic mass is 9.93. The fourth-order valence-electron chi connectivity index (χ4n) is 3.19. The Hall–Kier alpha value is -2.20. The van der Waals surface area contributed by atoms with E-state index in [1.807, 2.05) is 18.2 Å². The molecule has 25 heavy (non-hydrogen) atoms. The van der Waals surface area contributed by atoms with Gasteiger partial charge in [-0.2, -0.15) is 0 Å². The van der Waals surface area contributed by atoms with Crippen molar-refractivity contribution in [2.24, 2.45) is 5.92 Å². The van der Waals surface area contributed by atoms with Gasteiger partial charge in [0.05, 0.1) is 33.9 Å². The summed E-state index contributed by atoms with van der Waals surface area (Å²) in [4.78, 5) is 2.21. The van der Waals surface area contributed by atoms with Crippen LogP contribution in [0.4, 0.5) is 0 Å². The summed E-state index contributed by atoms with van der Waals surface area (Å²) in [5, 5.41) is 0. The molecule has 0 radical (unpaired) electrons. The Bertz CT molecular complexity index is 602. The average molecular weight is 345 g/mol. The Balaban J connectivity index is 2.26. The van der Waals surface area contributed by atoms with Crippen LogP contribution in [0.2, 0.25) is 0 Å². The van der Waals surface area contributed by atoms with Crippen LogP contribution in [0.25, 0.3) is 0 Å². The Kier molecular flexibility index (Phi) is 7.14. The molecule has 1 aliphatic rings. The number of benzene rings is 1. The lowest BCUT2D eigenvalue weighted by molar-refractivity contribution is 0.270. The van der Waals surface area contributed by atoms with Crippen molar-refractivity contribution >= 4 is 0 Å². The molecule has 2 rings (SSSR count). The van der Waals surface area contributed by atoms with E-state index in [2.05, 4.69) is 28.3 Å². The third-order valence-electron chi connectivity index (χ3n) is 4.33. The highest BCUT2D eigenvalue weighted by Crippen LogP contribution is 2.41. The van der Waals surface area contributed by atoms with Gasteiger partial charge < -0.3 is 14.2 Å². The van der Waals surface area contributed by atoms with Crippen molar-refractivity contribution in [3.8, 4) is 29.6 Å². The van der Waals surface area contributed by atoms with Crippen LogP contribution in [0.3, 0.4) is 0 Å². The molecule has 1 saturated heterocycles. The van der Waals surface area contributed by atoms with Gasteiger partial charge in [-0.15, -0.1) is 13.0 Å². The predicted octanol–water partition coefficient (Wildman–Crippen LogP) is 1.60. The quantitative estimate of drug-likeness (QED) is 0.524. The second-order valence-corrected chi connectivity index (χ2v) is 5.91. The van der Waals surface area contributed by atoms with Crippen molar-refractivity contribution in [3.63, 3.8) is 0 Å². The summed E-state index contributed by atoms with van der Waals surface area (Å²) < 4.78 is 16.3. The predicted molar refractivity (Wildman–Crippen MR) is 98.9 cm³/mol. The molecule has 0 bridgehead atoms. The van der Waals surface area contributed by atoms with E-state index in [1.54, 1.807) is 21.3 Å². The van der Waals surface area contributed by atoms with Crippen LogP contribution in [-0.4, -0.2) is 52.4 Å². The van der Waals surface area contributed by atoms with Gasteiger partial charge >= 0.3 is 0 Å². The van der Waals surface area contributed by atoms with Crippen molar-refractivity contribution in [1.29, 1.82) is 0 Å². The first-order valence-corrected chi connectivity index (χ1v) is 8.23. The third kappa shape index (κ3) is 4.45. The van der Waals surface area contributed by atoms with Crippen molar-refractivity contribution < 1.29 is 14.2 Å². The minimum atomic E-state index is 0.110. The van der Waals surface area contributed by atoms with Gasteiger partial charge in [0.15, 0.2) is 11.5 Å². The minimum absolute atomic E-state index is 0.110. The molecular weight excluding hydrogens is 318 g/mol. The van der Waals surface area contributed by atoms with Crippen molar-refractivity contribution in [2.45, 2.75) is 6.04 Å². The Morgan fingerprint density at radius 3 is 2.48 bits per heavy atom. The lowest BCUT2D eigenvalue weighted by Gasteiger charge is -2.26. The number of methoxy groups -OCH3 is 3. The second-order valence-electron chi connectivity index (χ2n) is 5.91. The van der Waals surface area contributed by atoms with E-state index >= 15 is 0 Å². The highest BCUT2D eigenvalue weighted by Gasteiger charge is 2.31. The molecule has 0 saturated carbocycles. The van der Waals surface area contributed by atoms with Gasteiger partial charge in [0.1, 0.15) is 0 Å². The standard InChI is InChI=1S/C19H27N3O3/c1-6-8-22(9-7-2)13-15-12-20-21-18(15)14-10-16(23-3)19(25-5)17(11-14)24-4/h1,7,10-11,15,18,20-21H,2,8-9,12-13H2,3-5H3. The number of hydrogen-bond acceptors (Lipinski definition) is 6. The number of rotatable bonds is 9. The Labute approximate surface area is 150 Å². The molecule has 2 atom stereocenters. The molecule has 1 aromatic rings. The number of nitrogens with zero attached hydrogens (tertiary/aromatic N) is 1.